The van der Waals surface area contributed by atoms with Gasteiger partial charge in [-0.15, -0.1) is 0 Å². The Morgan fingerprint density at radius 1 is 1.21 bits per heavy atom. The first kappa shape index (κ1) is 12.6. The standard InChI is InChI=1S/C15H19N3S/c1-10-8-19-9-12(10)15-17-13(7-14(16-2)18-15)11-5-3-4-6-11/h7-9,11H,3-6H2,1-2H3,(H,16,17,18). The highest BCUT2D eigenvalue weighted by Crippen LogP contribution is 2.35. The number of aromatic nitrogens is 2. The molecule has 1 aliphatic rings. The molecule has 0 aromatic carbocycles. The van der Waals surface area contributed by atoms with Gasteiger partial charge in [0.05, 0.1) is 0 Å². The van der Waals surface area contributed by atoms with E-state index in [1.807, 2.05) is 7.05 Å². The zero-order valence-corrected chi connectivity index (χ0v) is 12.3. The fourth-order valence-electron chi connectivity index (χ4n) is 2.73. The zero-order valence-electron chi connectivity index (χ0n) is 11.4. The molecule has 3 rings (SSSR count). The van der Waals surface area contributed by atoms with Gasteiger partial charge in [-0.2, -0.15) is 11.3 Å². The summed E-state index contributed by atoms with van der Waals surface area (Å²) in [7, 11) is 1.92. The second-order valence-corrected chi connectivity index (χ2v) is 5.95. The second-order valence-electron chi connectivity index (χ2n) is 5.20. The van der Waals surface area contributed by atoms with Crippen LogP contribution in [0.2, 0.25) is 0 Å². The van der Waals surface area contributed by atoms with Crippen LogP contribution in [0.25, 0.3) is 11.4 Å². The zero-order chi connectivity index (χ0) is 13.2. The number of nitrogens with zero attached hydrogens (tertiary/aromatic N) is 2. The smallest absolute Gasteiger partial charge is 0.162 e. The Hall–Kier alpha value is -1.42. The summed E-state index contributed by atoms with van der Waals surface area (Å²) >= 11 is 1.71. The maximum Gasteiger partial charge on any atom is 0.162 e. The maximum atomic E-state index is 4.82. The lowest BCUT2D eigenvalue weighted by Crippen LogP contribution is -2.03. The van der Waals surface area contributed by atoms with E-state index in [9.17, 15) is 0 Å². The Kier molecular flexibility index (Phi) is 3.51. The SMILES string of the molecule is CNc1cc(C2CCCC2)nc(-c2cscc2C)n1. The molecule has 0 aliphatic heterocycles. The molecule has 0 radical (unpaired) electrons. The van der Waals surface area contributed by atoms with Crippen molar-refractivity contribution < 1.29 is 0 Å². The number of aryl methyl sites for hydroxylation is 1. The minimum absolute atomic E-state index is 0.618. The van der Waals surface area contributed by atoms with Gasteiger partial charge in [-0.1, -0.05) is 12.8 Å². The molecule has 100 valence electrons. The van der Waals surface area contributed by atoms with E-state index in [4.69, 9.17) is 4.98 Å². The Labute approximate surface area is 118 Å². The van der Waals surface area contributed by atoms with Crippen LogP contribution in [0.15, 0.2) is 16.8 Å². The van der Waals surface area contributed by atoms with E-state index in [1.165, 1.54) is 42.5 Å². The van der Waals surface area contributed by atoms with Gasteiger partial charge in [0.25, 0.3) is 0 Å². The highest BCUT2D eigenvalue weighted by molar-refractivity contribution is 7.08. The van der Waals surface area contributed by atoms with Gasteiger partial charge in [-0.3, -0.25) is 0 Å². The van der Waals surface area contributed by atoms with Gasteiger partial charge in [-0.25, -0.2) is 9.97 Å². The topological polar surface area (TPSA) is 37.8 Å². The molecule has 1 fully saturated rings. The number of hydrogen-bond donors (Lipinski definition) is 1. The third-order valence-corrected chi connectivity index (χ3v) is 4.73. The van der Waals surface area contributed by atoms with Crippen LogP contribution in [0.3, 0.4) is 0 Å². The van der Waals surface area contributed by atoms with E-state index in [0.29, 0.717) is 5.92 Å². The predicted molar refractivity (Wildman–Crippen MR) is 80.8 cm³/mol. The van der Waals surface area contributed by atoms with Gasteiger partial charge in [0, 0.05) is 35.7 Å². The molecule has 1 saturated carbocycles. The molecule has 1 aliphatic carbocycles. The molecule has 19 heavy (non-hydrogen) atoms. The molecular weight excluding hydrogens is 254 g/mol. The van der Waals surface area contributed by atoms with E-state index in [0.717, 1.165) is 11.6 Å². The van der Waals surface area contributed by atoms with E-state index < -0.39 is 0 Å². The van der Waals surface area contributed by atoms with Crippen LogP contribution in [0.5, 0.6) is 0 Å². The summed E-state index contributed by atoms with van der Waals surface area (Å²) in [4.78, 5) is 9.43. The number of hydrogen-bond acceptors (Lipinski definition) is 4. The van der Waals surface area contributed by atoms with Crippen LogP contribution in [0.1, 0.15) is 42.9 Å². The summed E-state index contributed by atoms with van der Waals surface area (Å²) in [6.45, 7) is 2.12. The van der Waals surface area contributed by atoms with Crippen LogP contribution in [-0.2, 0) is 0 Å². The molecular formula is C15H19N3S. The van der Waals surface area contributed by atoms with Gasteiger partial charge >= 0.3 is 0 Å². The Morgan fingerprint density at radius 2 is 2.00 bits per heavy atom. The molecule has 4 heteroatoms. The quantitative estimate of drug-likeness (QED) is 0.910. The average Bonchev–Trinajstić information content (AvgIpc) is 3.09. The van der Waals surface area contributed by atoms with E-state index in [1.54, 1.807) is 11.3 Å². The van der Waals surface area contributed by atoms with Crippen molar-refractivity contribution in [2.24, 2.45) is 0 Å². The molecule has 3 nitrogen and oxygen atoms in total. The largest absolute Gasteiger partial charge is 0.373 e. The van der Waals surface area contributed by atoms with Crippen LogP contribution < -0.4 is 5.32 Å². The van der Waals surface area contributed by atoms with Gasteiger partial charge in [0.2, 0.25) is 0 Å². The Balaban J connectivity index is 2.04. The van der Waals surface area contributed by atoms with Gasteiger partial charge in [0.1, 0.15) is 5.82 Å². The minimum Gasteiger partial charge on any atom is -0.373 e. The van der Waals surface area contributed by atoms with Crippen molar-refractivity contribution >= 4 is 17.2 Å². The molecule has 0 saturated heterocycles. The number of anilines is 1. The summed E-state index contributed by atoms with van der Waals surface area (Å²) in [5.74, 6) is 2.41. The molecule has 2 aromatic rings. The van der Waals surface area contributed by atoms with Crippen LogP contribution in [0, 0.1) is 6.92 Å². The first-order valence-electron chi connectivity index (χ1n) is 6.88. The predicted octanol–water partition coefficient (Wildman–Crippen LogP) is 4.21. The highest BCUT2D eigenvalue weighted by atomic mass is 32.1. The van der Waals surface area contributed by atoms with Crippen molar-refractivity contribution in [1.29, 1.82) is 0 Å². The van der Waals surface area contributed by atoms with Gasteiger partial charge < -0.3 is 5.32 Å². The highest BCUT2D eigenvalue weighted by Gasteiger charge is 2.20. The van der Waals surface area contributed by atoms with Crippen LogP contribution in [-0.4, -0.2) is 17.0 Å². The van der Waals surface area contributed by atoms with Crippen molar-refractivity contribution in [2.75, 3.05) is 12.4 Å². The fourth-order valence-corrected chi connectivity index (χ4v) is 3.56. The third-order valence-electron chi connectivity index (χ3n) is 3.87. The summed E-state index contributed by atoms with van der Waals surface area (Å²) in [5, 5.41) is 7.46. The molecule has 0 unspecified atom stereocenters. The second kappa shape index (κ2) is 5.29. The van der Waals surface area contributed by atoms with Gasteiger partial charge in [0.15, 0.2) is 5.82 Å². The molecule has 2 heterocycles. The summed E-state index contributed by atoms with van der Waals surface area (Å²) in [6, 6.07) is 2.11. The van der Waals surface area contributed by atoms with Crippen molar-refractivity contribution in [3.05, 3.63) is 28.1 Å². The monoisotopic (exact) mass is 273 g/mol. The van der Waals surface area contributed by atoms with Crippen molar-refractivity contribution in [3.63, 3.8) is 0 Å². The molecule has 1 N–H and O–H groups in total. The normalized spacial score (nSPS) is 15.9. The molecule has 2 aromatic heterocycles. The molecule has 0 spiro atoms. The van der Waals surface area contributed by atoms with Crippen molar-refractivity contribution in [2.45, 2.75) is 38.5 Å². The molecule has 0 amide bonds. The maximum absolute atomic E-state index is 4.82. The Morgan fingerprint density at radius 3 is 2.63 bits per heavy atom. The molecule has 0 atom stereocenters. The number of thiophene rings is 1. The first-order chi connectivity index (χ1) is 9.28. The number of rotatable bonds is 3. The first-order valence-corrected chi connectivity index (χ1v) is 7.82. The van der Waals surface area contributed by atoms with Crippen LogP contribution >= 0.6 is 11.3 Å². The minimum atomic E-state index is 0.618. The summed E-state index contributed by atoms with van der Waals surface area (Å²) in [5.41, 5.74) is 3.63. The summed E-state index contributed by atoms with van der Waals surface area (Å²) in [6.07, 6.45) is 5.19. The lowest BCUT2D eigenvalue weighted by atomic mass is 10.0. The molecule has 0 bridgehead atoms. The van der Waals surface area contributed by atoms with Crippen LogP contribution in [0.4, 0.5) is 5.82 Å². The summed E-state index contributed by atoms with van der Waals surface area (Å²) < 4.78 is 0. The Bertz CT molecular complexity index is 571. The lowest BCUT2D eigenvalue weighted by molar-refractivity contribution is 0.696. The number of nitrogens with one attached hydrogen (secondary N) is 1. The van der Waals surface area contributed by atoms with E-state index in [2.05, 4.69) is 34.1 Å². The third kappa shape index (κ3) is 2.50. The lowest BCUT2D eigenvalue weighted by Gasteiger charge is -2.12. The van der Waals surface area contributed by atoms with Gasteiger partial charge in [-0.05, 0) is 30.7 Å². The van der Waals surface area contributed by atoms with E-state index >= 15 is 0 Å². The average molecular weight is 273 g/mol. The van der Waals surface area contributed by atoms with Crippen molar-refractivity contribution in [3.8, 4) is 11.4 Å². The van der Waals surface area contributed by atoms with Crippen molar-refractivity contribution in [1.82, 2.24) is 9.97 Å². The van der Waals surface area contributed by atoms with E-state index in [-0.39, 0.29) is 0 Å². The fraction of sp³-hybridized carbons (Fsp3) is 0.467.